The van der Waals surface area contributed by atoms with E-state index in [-0.39, 0.29) is 29.0 Å². The van der Waals surface area contributed by atoms with Gasteiger partial charge in [0.25, 0.3) is 5.91 Å². The quantitative estimate of drug-likeness (QED) is 0.882. The molecule has 0 aromatic carbocycles. The highest BCUT2D eigenvalue weighted by Gasteiger charge is 2.31. The molecule has 7 nitrogen and oxygen atoms in total. The highest BCUT2D eigenvalue weighted by molar-refractivity contribution is 6.00. The van der Waals surface area contributed by atoms with Gasteiger partial charge in [-0.3, -0.25) is 10.1 Å². The number of furan rings is 1. The van der Waals surface area contributed by atoms with Crippen LogP contribution in [-0.2, 0) is 9.47 Å². The number of carbonyl (C=O) groups excluding carboxylic acids is 2. The number of anilines is 1. The van der Waals surface area contributed by atoms with E-state index in [1.54, 1.807) is 20.8 Å². The molecule has 134 valence electrons. The Bertz CT molecular complexity index is 600. The molecule has 0 aliphatic carbocycles. The first-order chi connectivity index (χ1) is 11.1. The lowest BCUT2D eigenvalue weighted by molar-refractivity contribution is -0.0616. The van der Waals surface area contributed by atoms with E-state index in [2.05, 4.69) is 10.6 Å². The second-order valence-electron chi connectivity index (χ2n) is 7.56. The normalized spacial score (nSPS) is 20.3. The van der Waals surface area contributed by atoms with Crippen molar-refractivity contribution in [2.75, 3.05) is 11.9 Å². The van der Waals surface area contributed by atoms with Gasteiger partial charge in [0, 0.05) is 18.7 Å². The number of carbonyl (C=O) groups is 2. The molecule has 1 aliphatic heterocycles. The molecule has 24 heavy (non-hydrogen) atoms. The minimum Gasteiger partial charge on any atom is -0.457 e. The van der Waals surface area contributed by atoms with Crippen LogP contribution in [0.15, 0.2) is 16.7 Å². The summed E-state index contributed by atoms with van der Waals surface area (Å²) in [5.41, 5.74) is -0.603. The van der Waals surface area contributed by atoms with Crippen LogP contribution in [0.2, 0.25) is 0 Å². The molecule has 1 unspecified atom stereocenters. The number of rotatable bonds is 3. The maximum atomic E-state index is 12.4. The molecule has 1 aliphatic rings. The van der Waals surface area contributed by atoms with Gasteiger partial charge in [0.05, 0.1) is 17.6 Å². The van der Waals surface area contributed by atoms with Crippen LogP contribution in [0.1, 0.15) is 58.0 Å². The minimum atomic E-state index is -0.634. The minimum absolute atomic E-state index is 0.000673. The van der Waals surface area contributed by atoms with Gasteiger partial charge in [0.1, 0.15) is 5.60 Å². The molecule has 7 heteroatoms. The predicted molar refractivity (Wildman–Crippen MR) is 89.1 cm³/mol. The summed E-state index contributed by atoms with van der Waals surface area (Å²) in [6, 6.07) is 1.52. The zero-order valence-corrected chi connectivity index (χ0v) is 14.9. The van der Waals surface area contributed by atoms with Crippen LogP contribution in [0.3, 0.4) is 0 Å². The predicted octanol–water partition coefficient (Wildman–Crippen LogP) is 3.31. The second kappa shape index (κ2) is 6.84. The number of nitrogens with one attached hydrogen (secondary N) is 2. The number of amides is 2. The van der Waals surface area contributed by atoms with Crippen molar-refractivity contribution in [3.05, 3.63) is 18.1 Å². The van der Waals surface area contributed by atoms with Gasteiger partial charge in [-0.05, 0) is 47.5 Å². The van der Waals surface area contributed by atoms with Gasteiger partial charge in [-0.25, -0.2) is 4.79 Å². The third kappa shape index (κ3) is 5.26. The molecular formula is C17H26N2O5. The van der Waals surface area contributed by atoms with E-state index in [9.17, 15) is 9.59 Å². The average Bonchev–Trinajstić information content (AvgIpc) is 2.83. The fourth-order valence-corrected chi connectivity index (χ4v) is 2.60. The molecule has 1 aromatic rings. The molecular weight excluding hydrogens is 312 g/mol. The zero-order valence-electron chi connectivity index (χ0n) is 14.9. The Morgan fingerprint density at radius 1 is 1.33 bits per heavy atom. The maximum Gasteiger partial charge on any atom is 0.412 e. The van der Waals surface area contributed by atoms with Crippen LogP contribution in [0.5, 0.6) is 0 Å². The van der Waals surface area contributed by atoms with Crippen LogP contribution in [-0.4, -0.2) is 35.9 Å². The third-order valence-corrected chi connectivity index (χ3v) is 3.54. The Balaban J connectivity index is 1.98. The van der Waals surface area contributed by atoms with Crippen LogP contribution in [0.25, 0.3) is 0 Å². The lowest BCUT2D eigenvalue weighted by Crippen LogP contribution is -2.45. The molecule has 0 radical (unpaired) electrons. The van der Waals surface area contributed by atoms with E-state index in [4.69, 9.17) is 13.9 Å². The Hall–Kier alpha value is -2.02. The standard InChI is InChI=1S/C17H26N2O5/c1-16(2,3)24-15(21)19-12-7-8-22-13(12)14(20)18-11-6-9-23-17(4,5)10-11/h7-8,11H,6,9-10H2,1-5H3,(H,18,20)(H,19,21). The molecule has 2 amide bonds. The maximum absolute atomic E-state index is 12.4. The molecule has 1 saturated heterocycles. The fraction of sp³-hybridized carbons (Fsp3) is 0.647. The van der Waals surface area contributed by atoms with Crippen molar-refractivity contribution in [2.24, 2.45) is 0 Å². The highest BCUT2D eigenvalue weighted by Crippen LogP contribution is 2.25. The Morgan fingerprint density at radius 2 is 2.04 bits per heavy atom. The molecule has 0 spiro atoms. The van der Waals surface area contributed by atoms with E-state index in [1.165, 1.54) is 12.3 Å². The summed E-state index contributed by atoms with van der Waals surface area (Å²) in [7, 11) is 0. The van der Waals surface area contributed by atoms with Crippen molar-refractivity contribution < 1.29 is 23.5 Å². The lowest BCUT2D eigenvalue weighted by Gasteiger charge is -2.35. The number of ether oxygens (including phenoxy) is 2. The molecule has 2 heterocycles. The van der Waals surface area contributed by atoms with Crippen molar-refractivity contribution >= 4 is 17.7 Å². The molecule has 1 aromatic heterocycles. The van der Waals surface area contributed by atoms with Gasteiger partial charge in [-0.2, -0.15) is 0 Å². The largest absolute Gasteiger partial charge is 0.457 e. The monoisotopic (exact) mass is 338 g/mol. The van der Waals surface area contributed by atoms with Gasteiger partial charge in [0.15, 0.2) is 0 Å². The lowest BCUT2D eigenvalue weighted by atomic mass is 9.94. The number of hydrogen-bond acceptors (Lipinski definition) is 5. The summed E-state index contributed by atoms with van der Waals surface area (Å²) < 4.78 is 16.1. The first kappa shape index (κ1) is 18.3. The average molecular weight is 338 g/mol. The Kier molecular flexibility index (Phi) is 5.22. The van der Waals surface area contributed by atoms with Crippen LogP contribution in [0.4, 0.5) is 10.5 Å². The van der Waals surface area contributed by atoms with E-state index < -0.39 is 11.7 Å². The topological polar surface area (TPSA) is 89.8 Å². The summed E-state index contributed by atoms with van der Waals surface area (Å²) in [6.45, 7) is 9.88. The molecule has 1 atom stereocenters. The summed E-state index contributed by atoms with van der Waals surface area (Å²) in [5.74, 6) is -0.307. The summed E-state index contributed by atoms with van der Waals surface area (Å²) in [6.07, 6.45) is 2.18. The Labute approximate surface area is 142 Å². The van der Waals surface area contributed by atoms with Crippen molar-refractivity contribution in [2.45, 2.75) is 64.7 Å². The summed E-state index contributed by atoms with van der Waals surface area (Å²) in [4.78, 5) is 24.3. The van der Waals surface area contributed by atoms with Gasteiger partial charge in [-0.15, -0.1) is 0 Å². The van der Waals surface area contributed by atoms with Crippen molar-refractivity contribution in [1.82, 2.24) is 5.32 Å². The van der Waals surface area contributed by atoms with Gasteiger partial charge < -0.3 is 19.2 Å². The fourth-order valence-electron chi connectivity index (χ4n) is 2.60. The van der Waals surface area contributed by atoms with Crippen molar-refractivity contribution in [3.8, 4) is 0 Å². The van der Waals surface area contributed by atoms with Gasteiger partial charge in [0.2, 0.25) is 5.76 Å². The molecule has 0 bridgehead atoms. The van der Waals surface area contributed by atoms with Crippen molar-refractivity contribution in [1.29, 1.82) is 0 Å². The molecule has 2 N–H and O–H groups in total. The van der Waals surface area contributed by atoms with E-state index in [1.807, 2.05) is 13.8 Å². The Morgan fingerprint density at radius 3 is 2.67 bits per heavy atom. The second-order valence-corrected chi connectivity index (χ2v) is 7.56. The van der Waals surface area contributed by atoms with Crippen LogP contribution in [0, 0.1) is 0 Å². The van der Waals surface area contributed by atoms with E-state index >= 15 is 0 Å². The van der Waals surface area contributed by atoms with Gasteiger partial charge >= 0.3 is 6.09 Å². The highest BCUT2D eigenvalue weighted by atomic mass is 16.6. The van der Waals surface area contributed by atoms with Gasteiger partial charge in [-0.1, -0.05) is 0 Å². The smallest absolute Gasteiger partial charge is 0.412 e. The van der Waals surface area contributed by atoms with Crippen LogP contribution < -0.4 is 10.6 Å². The molecule has 2 rings (SSSR count). The molecule has 0 saturated carbocycles. The number of hydrogen-bond donors (Lipinski definition) is 2. The van der Waals surface area contributed by atoms with E-state index in [0.717, 1.165) is 6.42 Å². The molecule has 1 fully saturated rings. The van der Waals surface area contributed by atoms with E-state index in [0.29, 0.717) is 13.0 Å². The first-order valence-corrected chi connectivity index (χ1v) is 8.08. The summed E-state index contributed by atoms with van der Waals surface area (Å²) >= 11 is 0. The van der Waals surface area contributed by atoms with Crippen molar-refractivity contribution in [3.63, 3.8) is 0 Å². The van der Waals surface area contributed by atoms with Crippen LogP contribution >= 0.6 is 0 Å². The zero-order chi connectivity index (χ0) is 18.0. The third-order valence-electron chi connectivity index (χ3n) is 3.54. The SMILES string of the molecule is CC(C)(C)OC(=O)Nc1ccoc1C(=O)NC1CCOC(C)(C)C1. The first-order valence-electron chi connectivity index (χ1n) is 8.08. The summed E-state index contributed by atoms with van der Waals surface area (Å²) in [5, 5.41) is 5.48.